The van der Waals surface area contributed by atoms with Crippen LogP contribution in [0.15, 0.2) is 28.2 Å². The number of anilines is 1. The maximum atomic E-state index is 12.6. The minimum Gasteiger partial charge on any atom is -0.461 e. The minimum atomic E-state index is -0.172. The predicted octanol–water partition coefficient (Wildman–Crippen LogP) is 4.59. The highest BCUT2D eigenvalue weighted by Crippen LogP contribution is 2.33. The molecule has 4 rings (SSSR count). The third-order valence-corrected chi connectivity index (χ3v) is 5.82. The van der Waals surface area contributed by atoms with Crippen molar-refractivity contribution in [3.05, 3.63) is 45.6 Å². The Kier molecular flexibility index (Phi) is 3.85. The number of aromatic nitrogens is 3. The van der Waals surface area contributed by atoms with Gasteiger partial charge in [-0.3, -0.25) is 10.1 Å². The lowest BCUT2D eigenvalue weighted by Crippen LogP contribution is -2.11. The van der Waals surface area contributed by atoms with E-state index < -0.39 is 0 Å². The molecule has 0 atom stereocenters. The van der Waals surface area contributed by atoms with Gasteiger partial charge >= 0.3 is 0 Å². The van der Waals surface area contributed by atoms with Crippen molar-refractivity contribution >= 4 is 43.9 Å². The number of nitrogens with zero attached hydrogens (tertiary/aromatic N) is 3. The van der Waals surface area contributed by atoms with Crippen molar-refractivity contribution < 1.29 is 9.21 Å². The van der Waals surface area contributed by atoms with Crippen molar-refractivity contribution in [1.82, 2.24) is 15.0 Å². The Morgan fingerprint density at radius 1 is 1.20 bits per heavy atom. The first-order valence-corrected chi connectivity index (χ1v) is 9.27. The number of aryl methyl sites for hydroxylation is 3. The molecule has 0 saturated carbocycles. The summed E-state index contributed by atoms with van der Waals surface area (Å²) >= 11 is 2.77. The molecule has 0 unspecified atom stereocenters. The van der Waals surface area contributed by atoms with Crippen LogP contribution in [0.3, 0.4) is 0 Å². The number of carbonyl (C=O) groups is 1. The number of thiophene rings is 1. The molecule has 4 heterocycles. The first kappa shape index (κ1) is 15.9. The zero-order valence-corrected chi connectivity index (χ0v) is 15.4. The summed E-state index contributed by atoms with van der Waals surface area (Å²) in [5.74, 6) is 0.966. The average Bonchev–Trinajstić information content (AvgIpc) is 3.28. The standard InChI is InChI=1S/C17H14N4O2S2/c1-8-7-24-17(18-8)21-15(22)13-9(2)12-10(3)19-14(20-16(12)25-13)11-5-4-6-23-11/h4-7H,1-3H3,(H,18,21,22). The SMILES string of the molecule is Cc1csc(NC(=O)c2sc3nc(-c4ccco4)nc(C)c3c2C)n1. The van der Waals surface area contributed by atoms with Crippen LogP contribution in [-0.2, 0) is 0 Å². The second-order valence-electron chi connectivity index (χ2n) is 5.59. The number of rotatable bonds is 3. The predicted molar refractivity (Wildman–Crippen MR) is 99.4 cm³/mol. The molecule has 0 spiro atoms. The second kappa shape index (κ2) is 6.05. The van der Waals surface area contributed by atoms with Crippen molar-refractivity contribution in [3.63, 3.8) is 0 Å². The second-order valence-corrected chi connectivity index (χ2v) is 7.45. The van der Waals surface area contributed by atoms with Gasteiger partial charge < -0.3 is 4.42 Å². The van der Waals surface area contributed by atoms with E-state index in [2.05, 4.69) is 20.3 Å². The van der Waals surface area contributed by atoms with Crippen LogP contribution in [0.25, 0.3) is 21.8 Å². The van der Waals surface area contributed by atoms with Crippen LogP contribution >= 0.6 is 22.7 Å². The molecule has 0 aliphatic heterocycles. The summed E-state index contributed by atoms with van der Waals surface area (Å²) in [6.07, 6.45) is 1.59. The third kappa shape index (κ3) is 2.83. The first-order valence-electron chi connectivity index (χ1n) is 7.58. The highest BCUT2D eigenvalue weighted by atomic mass is 32.1. The maximum Gasteiger partial charge on any atom is 0.267 e. The van der Waals surface area contributed by atoms with Gasteiger partial charge in [-0.2, -0.15) is 0 Å². The largest absolute Gasteiger partial charge is 0.461 e. The van der Waals surface area contributed by atoms with E-state index in [4.69, 9.17) is 4.42 Å². The molecule has 1 N–H and O–H groups in total. The lowest BCUT2D eigenvalue weighted by Gasteiger charge is -2.01. The van der Waals surface area contributed by atoms with Gasteiger partial charge in [0.25, 0.3) is 5.91 Å². The molecule has 0 aliphatic rings. The van der Waals surface area contributed by atoms with Gasteiger partial charge in [0, 0.05) is 10.8 Å². The molecule has 0 saturated heterocycles. The molecule has 0 aromatic carbocycles. The van der Waals surface area contributed by atoms with Crippen molar-refractivity contribution in [2.24, 2.45) is 0 Å². The van der Waals surface area contributed by atoms with Crippen molar-refractivity contribution in [2.45, 2.75) is 20.8 Å². The van der Waals surface area contributed by atoms with E-state index >= 15 is 0 Å². The number of carbonyl (C=O) groups excluding carboxylic acids is 1. The molecule has 6 nitrogen and oxygen atoms in total. The van der Waals surface area contributed by atoms with Crippen LogP contribution in [-0.4, -0.2) is 20.9 Å². The molecule has 0 fully saturated rings. The Labute approximate surface area is 151 Å². The Morgan fingerprint density at radius 3 is 2.72 bits per heavy atom. The molecule has 4 aromatic heterocycles. The highest BCUT2D eigenvalue weighted by molar-refractivity contribution is 7.21. The molecular formula is C17H14N4O2S2. The Bertz CT molecular complexity index is 1080. The van der Waals surface area contributed by atoms with E-state index in [1.165, 1.54) is 22.7 Å². The summed E-state index contributed by atoms with van der Waals surface area (Å²) < 4.78 is 5.38. The number of hydrogen-bond acceptors (Lipinski definition) is 7. The van der Waals surface area contributed by atoms with Crippen LogP contribution < -0.4 is 5.32 Å². The zero-order chi connectivity index (χ0) is 17.6. The van der Waals surface area contributed by atoms with Gasteiger partial charge in [-0.1, -0.05) is 0 Å². The molecule has 0 aliphatic carbocycles. The number of thiazole rings is 1. The maximum absolute atomic E-state index is 12.6. The molecule has 4 aromatic rings. The summed E-state index contributed by atoms with van der Waals surface area (Å²) in [4.78, 5) is 27.4. The van der Waals surface area contributed by atoms with E-state index in [1.54, 1.807) is 12.3 Å². The fraction of sp³-hybridized carbons (Fsp3) is 0.176. The monoisotopic (exact) mass is 370 g/mol. The molecule has 126 valence electrons. The van der Waals surface area contributed by atoms with Gasteiger partial charge in [0.05, 0.1) is 22.5 Å². The van der Waals surface area contributed by atoms with Crippen molar-refractivity contribution in [3.8, 4) is 11.6 Å². The third-order valence-electron chi connectivity index (χ3n) is 3.76. The normalized spacial score (nSPS) is 11.2. The Balaban J connectivity index is 1.76. The number of furan rings is 1. The van der Waals surface area contributed by atoms with E-state index in [1.807, 2.05) is 32.2 Å². The number of amides is 1. The zero-order valence-electron chi connectivity index (χ0n) is 13.8. The molecule has 25 heavy (non-hydrogen) atoms. The van der Waals surface area contributed by atoms with Crippen LogP contribution in [0.4, 0.5) is 5.13 Å². The molecule has 0 bridgehead atoms. The molecule has 8 heteroatoms. The van der Waals surface area contributed by atoms with Gasteiger partial charge in [0.15, 0.2) is 16.7 Å². The van der Waals surface area contributed by atoms with E-state index in [9.17, 15) is 4.79 Å². The Morgan fingerprint density at radius 2 is 2.04 bits per heavy atom. The summed E-state index contributed by atoms with van der Waals surface area (Å²) in [5.41, 5.74) is 2.60. The molecular weight excluding hydrogens is 356 g/mol. The van der Waals surface area contributed by atoms with E-state index in [0.29, 0.717) is 21.6 Å². The minimum absolute atomic E-state index is 0.172. The summed E-state index contributed by atoms with van der Waals surface area (Å²) in [6.45, 7) is 5.73. The molecule has 1 amide bonds. The average molecular weight is 370 g/mol. The smallest absolute Gasteiger partial charge is 0.267 e. The van der Waals surface area contributed by atoms with Crippen LogP contribution in [0.5, 0.6) is 0 Å². The van der Waals surface area contributed by atoms with E-state index in [-0.39, 0.29) is 5.91 Å². The van der Waals surface area contributed by atoms with Gasteiger partial charge in [-0.15, -0.1) is 22.7 Å². The van der Waals surface area contributed by atoms with Gasteiger partial charge in [0.1, 0.15) is 4.83 Å². The van der Waals surface area contributed by atoms with Gasteiger partial charge in [0.2, 0.25) is 0 Å². The highest BCUT2D eigenvalue weighted by Gasteiger charge is 2.20. The molecule has 0 radical (unpaired) electrons. The first-order chi connectivity index (χ1) is 12.0. The quantitative estimate of drug-likeness (QED) is 0.571. The van der Waals surface area contributed by atoms with Crippen LogP contribution in [0, 0.1) is 20.8 Å². The fourth-order valence-electron chi connectivity index (χ4n) is 2.64. The van der Waals surface area contributed by atoms with Crippen molar-refractivity contribution in [2.75, 3.05) is 5.32 Å². The number of fused-ring (bicyclic) bond motifs is 1. The summed E-state index contributed by atoms with van der Waals surface area (Å²) in [5, 5.41) is 6.27. The summed E-state index contributed by atoms with van der Waals surface area (Å²) in [7, 11) is 0. The fourth-order valence-corrected chi connectivity index (χ4v) is 4.45. The summed E-state index contributed by atoms with van der Waals surface area (Å²) in [6, 6.07) is 3.62. The Hall–Kier alpha value is -2.58. The van der Waals surface area contributed by atoms with Crippen LogP contribution in [0.1, 0.15) is 26.6 Å². The van der Waals surface area contributed by atoms with Gasteiger partial charge in [-0.25, -0.2) is 15.0 Å². The van der Waals surface area contributed by atoms with Crippen LogP contribution in [0.2, 0.25) is 0 Å². The van der Waals surface area contributed by atoms with Crippen molar-refractivity contribution in [1.29, 1.82) is 0 Å². The number of hydrogen-bond donors (Lipinski definition) is 1. The van der Waals surface area contributed by atoms with E-state index in [0.717, 1.165) is 27.2 Å². The van der Waals surface area contributed by atoms with Gasteiger partial charge in [-0.05, 0) is 38.5 Å². The topological polar surface area (TPSA) is 80.9 Å². The lowest BCUT2D eigenvalue weighted by molar-refractivity contribution is 0.103. The lowest BCUT2D eigenvalue weighted by atomic mass is 10.1. The number of nitrogens with one attached hydrogen (secondary N) is 1.